The predicted octanol–water partition coefficient (Wildman–Crippen LogP) is 4.30. The lowest BCUT2D eigenvalue weighted by molar-refractivity contribution is 0.709. The zero-order valence-electron chi connectivity index (χ0n) is 12.0. The minimum atomic E-state index is 0.888. The highest BCUT2D eigenvalue weighted by molar-refractivity contribution is 7.13. The molecule has 0 aliphatic heterocycles. The Morgan fingerprint density at radius 3 is 2.90 bits per heavy atom. The van der Waals surface area contributed by atoms with Gasteiger partial charge >= 0.3 is 0 Å². The maximum atomic E-state index is 4.84. The highest BCUT2D eigenvalue weighted by atomic mass is 32.1. The van der Waals surface area contributed by atoms with Gasteiger partial charge in [0.15, 0.2) is 5.82 Å². The first-order valence-electron chi connectivity index (χ1n) is 7.56. The molecule has 4 heteroatoms. The van der Waals surface area contributed by atoms with Gasteiger partial charge in [-0.3, -0.25) is 0 Å². The Hall–Kier alpha value is -1.42. The third-order valence-electron chi connectivity index (χ3n) is 3.72. The van der Waals surface area contributed by atoms with Gasteiger partial charge < -0.3 is 5.32 Å². The Morgan fingerprint density at radius 2 is 2.10 bits per heavy atom. The fourth-order valence-electron chi connectivity index (χ4n) is 2.68. The molecule has 1 aliphatic rings. The molecular weight excluding hydrogens is 266 g/mol. The Labute approximate surface area is 124 Å². The molecule has 0 bridgehead atoms. The standard InChI is InChI=1S/C16H21N3S/c1-2-10-17-15-12-7-4-3-5-8-13(12)18-16(19-15)14-9-6-11-20-14/h6,9,11H,2-5,7-8,10H2,1H3,(H,17,18,19). The van der Waals surface area contributed by atoms with Crippen molar-refractivity contribution in [2.24, 2.45) is 0 Å². The Balaban J connectivity index is 2.03. The molecule has 0 saturated carbocycles. The molecule has 106 valence electrons. The third kappa shape index (κ3) is 2.85. The molecule has 1 aliphatic carbocycles. The molecule has 0 atom stereocenters. The summed E-state index contributed by atoms with van der Waals surface area (Å²) in [5.41, 5.74) is 2.62. The number of nitrogens with zero attached hydrogens (tertiary/aromatic N) is 2. The third-order valence-corrected chi connectivity index (χ3v) is 4.58. The molecule has 0 fully saturated rings. The van der Waals surface area contributed by atoms with E-state index < -0.39 is 0 Å². The Bertz CT molecular complexity index is 563. The van der Waals surface area contributed by atoms with E-state index >= 15 is 0 Å². The van der Waals surface area contributed by atoms with Crippen LogP contribution >= 0.6 is 11.3 Å². The summed E-state index contributed by atoms with van der Waals surface area (Å²) < 4.78 is 0. The Kier molecular flexibility index (Phi) is 4.31. The summed E-state index contributed by atoms with van der Waals surface area (Å²) in [5.74, 6) is 1.96. The largest absolute Gasteiger partial charge is 0.370 e. The molecule has 2 heterocycles. The van der Waals surface area contributed by atoms with Gasteiger partial charge in [-0.15, -0.1) is 11.3 Å². The summed E-state index contributed by atoms with van der Waals surface area (Å²) in [6.07, 6.45) is 7.14. The number of aryl methyl sites for hydroxylation is 1. The number of hydrogen-bond acceptors (Lipinski definition) is 4. The van der Waals surface area contributed by atoms with Crippen molar-refractivity contribution >= 4 is 17.2 Å². The van der Waals surface area contributed by atoms with E-state index in [2.05, 4.69) is 29.8 Å². The van der Waals surface area contributed by atoms with Crippen molar-refractivity contribution in [2.45, 2.75) is 45.4 Å². The van der Waals surface area contributed by atoms with E-state index in [0.717, 1.165) is 42.3 Å². The van der Waals surface area contributed by atoms with Crippen LogP contribution < -0.4 is 5.32 Å². The van der Waals surface area contributed by atoms with Crippen LogP contribution in [0.3, 0.4) is 0 Å². The summed E-state index contributed by atoms with van der Waals surface area (Å²) in [5, 5.41) is 5.59. The number of thiophene rings is 1. The summed E-state index contributed by atoms with van der Waals surface area (Å²) in [4.78, 5) is 10.8. The second-order valence-electron chi connectivity index (χ2n) is 5.29. The first-order chi connectivity index (χ1) is 9.88. The summed E-state index contributed by atoms with van der Waals surface area (Å²) in [7, 11) is 0. The molecule has 20 heavy (non-hydrogen) atoms. The number of hydrogen-bond donors (Lipinski definition) is 1. The molecule has 0 unspecified atom stereocenters. The van der Waals surface area contributed by atoms with Gasteiger partial charge in [-0.25, -0.2) is 9.97 Å². The van der Waals surface area contributed by atoms with Crippen molar-refractivity contribution in [2.75, 3.05) is 11.9 Å². The summed E-state index contributed by atoms with van der Waals surface area (Å²) >= 11 is 1.71. The van der Waals surface area contributed by atoms with Gasteiger partial charge in [0, 0.05) is 17.8 Å². The number of fused-ring (bicyclic) bond motifs is 1. The van der Waals surface area contributed by atoms with Crippen molar-refractivity contribution in [3.8, 4) is 10.7 Å². The van der Waals surface area contributed by atoms with E-state index in [-0.39, 0.29) is 0 Å². The fourth-order valence-corrected chi connectivity index (χ4v) is 3.33. The van der Waals surface area contributed by atoms with Crippen LogP contribution in [0.5, 0.6) is 0 Å². The van der Waals surface area contributed by atoms with E-state index in [1.165, 1.54) is 30.5 Å². The Morgan fingerprint density at radius 1 is 1.20 bits per heavy atom. The van der Waals surface area contributed by atoms with Gasteiger partial charge in [0.1, 0.15) is 5.82 Å². The van der Waals surface area contributed by atoms with Crippen LogP contribution in [0.2, 0.25) is 0 Å². The second-order valence-corrected chi connectivity index (χ2v) is 6.23. The molecule has 3 nitrogen and oxygen atoms in total. The average molecular weight is 287 g/mol. The predicted molar refractivity (Wildman–Crippen MR) is 85.4 cm³/mol. The van der Waals surface area contributed by atoms with E-state index in [4.69, 9.17) is 9.97 Å². The molecule has 0 radical (unpaired) electrons. The van der Waals surface area contributed by atoms with E-state index in [0.29, 0.717) is 0 Å². The fraction of sp³-hybridized carbons (Fsp3) is 0.500. The maximum Gasteiger partial charge on any atom is 0.171 e. The van der Waals surface area contributed by atoms with Gasteiger partial charge in [0.05, 0.1) is 4.88 Å². The van der Waals surface area contributed by atoms with Crippen LogP contribution in [0.15, 0.2) is 17.5 Å². The van der Waals surface area contributed by atoms with Crippen LogP contribution in [0, 0.1) is 0 Å². The van der Waals surface area contributed by atoms with E-state index in [1.807, 2.05) is 0 Å². The lowest BCUT2D eigenvalue weighted by Gasteiger charge is -2.14. The van der Waals surface area contributed by atoms with Crippen LogP contribution in [-0.4, -0.2) is 16.5 Å². The molecule has 0 amide bonds. The normalized spacial score (nSPS) is 14.7. The number of anilines is 1. The first kappa shape index (κ1) is 13.6. The smallest absolute Gasteiger partial charge is 0.171 e. The molecule has 1 N–H and O–H groups in total. The highest BCUT2D eigenvalue weighted by Crippen LogP contribution is 2.29. The van der Waals surface area contributed by atoms with Gasteiger partial charge in [-0.2, -0.15) is 0 Å². The molecule has 2 aromatic rings. The van der Waals surface area contributed by atoms with Gasteiger partial charge in [-0.05, 0) is 43.6 Å². The topological polar surface area (TPSA) is 37.8 Å². The first-order valence-corrected chi connectivity index (χ1v) is 8.44. The van der Waals surface area contributed by atoms with Crippen molar-refractivity contribution in [3.05, 3.63) is 28.8 Å². The van der Waals surface area contributed by atoms with Crippen molar-refractivity contribution in [3.63, 3.8) is 0 Å². The SMILES string of the molecule is CCCNc1nc(-c2cccs2)nc2c1CCCCC2. The van der Waals surface area contributed by atoms with Gasteiger partial charge in [0.2, 0.25) is 0 Å². The quantitative estimate of drug-likeness (QED) is 0.852. The summed E-state index contributed by atoms with van der Waals surface area (Å²) in [6, 6.07) is 4.17. The van der Waals surface area contributed by atoms with Crippen LogP contribution in [0.25, 0.3) is 10.7 Å². The lowest BCUT2D eigenvalue weighted by atomic mass is 10.1. The van der Waals surface area contributed by atoms with Gasteiger partial charge in [-0.1, -0.05) is 19.4 Å². The molecule has 0 saturated heterocycles. The van der Waals surface area contributed by atoms with Crippen LogP contribution in [0.4, 0.5) is 5.82 Å². The minimum absolute atomic E-state index is 0.888. The summed E-state index contributed by atoms with van der Waals surface area (Å²) in [6.45, 7) is 3.17. The highest BCUT2D eigenvalue weighted by Gasteiger charge is 2.17. The number of aromatic nitrogens is 2. The van der Waals surface area contributed by atoms with Crippen molar-refractivity contribution < 1.29 is 0 Å². The monoisotopic (exact) mass is 287 g/mol. The second kappa shape index (κ2) is 6.35. The van der Waals surface area contributed by atoms with E-state index in [9.17, 15) is 0 Å². The molecule has 0 aromatic carbocycles. The zero-order valence-corrected chi connectivity index (χ0v) is 12.8. The molecule has 0 spiro atoms. The van der Waals surface area contributed by atoms with E-state index in [1.54, 1.807) is 11.3 Å². The zero-order chi connectivity index (χ0) is 13.8. The van der Waals surface area contributed by atoms with Crippen LogP contribution in [-0.2, 0) is 12.8 Å². The molecular formula is C16H21N3S. The number of nitrogens with one attached hydrogen (secondary N) is 1. The van der Waals surface area contributed by atoms with Gasteiger partial charge in [0.25, 0.3) is 0 Å². The average Bonchev–Trinajstić information content (AvgIpc) is 2.90. The van der Waals surface area contributed by atoms with Crippen LogP contribution in [0.1, 0.15) is 43.9 Å². The lowest BCUT2D eigenvalue weighted by Crippen LogP contribution is -2.10. The van der Waals surface area contributed by atoms with Crippen molar-refractivity contribution in [1.29, 1.82) is 0 Å². The molecule has 3 rings (SSSR count). The van der Waals surface area contributed by atoms with Crippen molar-refractivity contribution in [1.82, 2.24) is 9.97 Å². The number of rotatable bonds is 4. The minimum Gasteiger partial charge on any atom is -0.370 e. The maximum absolute atomic E-state index is 4.84. The molecule has 2 aromatic heterocycles.